The summed E-state index contributed by atoms with van der Waals surface area (Å²) in [6.45, 7) is 75.7. The molecule has 18 heteroatoms. The van der Waals surface area contributed by atoms with Crippen molar-refractivity contribution in [2.24, 2.45) is 29.4 Å². The maximum absolute atomic E-state index is 11.2. The predicted octanol–water partition coefficient (Wildman–Crippen LogP) is 29.9. The highest BCUT2D eigenvalue weighted by Gasteiger charge is 2.08. The summed E-state index contributed by atoms with van der Waals surface area (Å²) in [5.74, 6) is 2.95. The second-order valence-corrected chi connectivity index (χ2v) is 37.8. The molecule has 0 saturated heterocycles. The molecular formula is C109H236N6O12. The lowest BCUT2D eigenvalue weighted by molar-refractivity contribution is -0.127. The summed E-state index contributed by atoms with van der Waals surface area (Å²) in [5.41, 5.74) is 5.37. The molecule has 0 saturated carbocycles. The molecule has 0 aromatic carbocycles. The number of nitrogens with two attached hydrogens (primary N) is 1. The van der Waals surface area contributed by atoms with Crippen LogP contribution in [-0.2, 0) is 57.1 Å². The Morgan fingerprint density at radius 1 is 0.205 bits per heavy atom. The Morgan fingerprint density at radius 3 is 0.630 bits per heavy atom. The monoisotopic (exact) mass is 1820 g/mol. The fourth-order valence-electron chi connectivity index (χ4n) is 11.0. The molecule has 18 nitrogen and oxygen atoms in total. The Morgan fingerprint density at radius 2 is 0.394 bits per heavy atom. The van der Waals surface area contributed by atoms with Crippen molar-refractivity contribution in [2.45, 2.75) is 572 Å². The maximum Gasteiger partial charge on any atom is 0.246 e. The van der Waals surface area contributed by atoms with Gasteiger partial charge in [-0.15, -0.1) is 0 Å². The first-order valence-corrected chi connectivity index (χ1v) is 53.8. The minimum absolute atomic E-state index is 0.000749. The summed E-state index contributed by atoms with van der Waals surface area (Å²) in [6, 6.07) is 0. The van der Waals surface area contributed by atoms with Crippen LogP contribution in [-0.4, -0.2) is 158 Å². The highest BCUT2D eigenvalue weighted by atomic mass is 16.5. The van der Waals surface area contributed by atoms with Crippen LogP contribution in [0.1, 0.15) is 530 Å². The maximum atomic E-state index is 11.2. The smallest absolute Gasteiger partial charge is 0.246 e. The van der Waals surface area contributed by atoms with Crippen molar-refractivity contribution >= 4 is 29.5 Å². The molecule has 0 aromatic heterocycles. The van der Waals surface area contributed by atoms with Crippen LogP contribution < -0.4 is 32.3 Å². The van der Waals surface area contributed by atoms with Gasteiger partial charge in [-0.05, 0) is 179 Å². The van der Waals surface area contributed by atoms with E-state index >= 15 is 0 Å². The molecule has 0 rings (SSSR count). The zero-order valence-electron chi connectivity index (χ0n) is 92.0. The molecule has 0 heterocycles. The molecule has 0 aromatic rings. The molecule has 0 bridgehead atoms. The van der Waals surface area contributed by atoms with Crippen LogP contribution >= 0.6 is 0 Å². The molecule has 0 unspecified atom stereocenters. The van der Waals surface area contributed by atoms with Crippen LogP contribution in [0.2, 0.25) is 0 Å². The Bertz CT molecular complexity index is 1960. The van der Waals surface area contributed by atoms with Gasteiger partial charge in [0.1, 0.15) is 26.4 Å². The van der Waals surface area contributed by atoms with Gasteiger partial charge in [-0.25, -0.2) is 0 Å². The summed E-state index contributed by atoms with van der Waals surface area (Å²) in [4.78, 5) is 55.5. The third kappa shape index (κ3) is 191. The van der Waals surface area contributed by atoms with E-state index in [1.807, 2.05) is 69.2 Å². The van der Waals surface area contributed by atoms with Crippen LogP contribution in [0.5, 0.6) is 0 Å². The fraction of sp³-hybridized carbons (Fsp3) is 0.954. The Balaban J connectivity index is -0.000000130. The molecule has 0 fully saturated rings. The first-order valence-electron chi connectivity index (χ1n) is 53.8. The normalized spacial score (nSPS) is 10.6. The van der Waals surface area contributed by atoms with E-state index in [4.69, 9.17) is 38.9 Å². The number of unbranched alkanes of at least 4 members (excludes halogenated alkanes) is 34. The number of nitrogens with one attached hydrogen (secondary N) is 5. The average molecular weight is 1820 g/mol. The second kappa shape index (κ2) is 132. The highest BCUT2D eigenvalue weighted by molar-refractivity contribution is 5.78. The quantitative estimate of drug-likeness (QED) is 0.0311. The van der Waals surface area contributed by atoms with Gasteiger partial charge in [0.25, 0.3) is 0 Å². The van der Waals surface area contributed by atoms with Crippen molar-refractivity contribution in [1.29, 1.82) is 0 Å². The molecule has 0 atom stereocenters. The van der Waals surface area contributed by atoms with Gasteiger partial charge in [0.05, 0.1) is 42.7 Å². The summed E-state index contributed by atoms with van der Waals surface area (Å²) >= 11 is 0. The minimum Gasteiger partial charge on any atom is -0.379 e. The van der Waals surface area contributed by atoms with Crippen LogP contribution in [0.15, 0.2) is 0 Å². The molecule has 7 N–H and O–H groups in total. The summed E-state index contributed by atoms with van der Waals surface area (Å²) < 4.78 is 36.6. The number of ether oxygens (including phenoxy) is 7. The fourth-order valence-corrected chi connectivity index (χ4v) is 11.0. The predicted molar refractivity (Wildman–Crippen MR) is 559 cm³/mol. The third-order valence-electron chi connectivity index (χ3n) is 19.0. The van der Waals surface area contributed by atoms with E-state index in [1.165, 1.54) is 263 Å². The third-order valence-corrected chi connectivity index (χ3v) is 19.0. The second-order valence-electron chi connectivity index (χ2n) is 37.8. The lowest BCUT2D eigenvalue weighted by Gasteiger charge is -2.08. The summed E-state index contributed by atoms with van der Waals surface area (Å²) in [7, 11) is 0. The number of amides is 5. The number of rotatable bonds is 73. The number of carbonyl (C=O) groups excluding carboxylic acids is 5. The van der Waals surface area contributed by atoms with E-state index in [-0.39, 0.29) is 86.3 Å². The molecule has 0 radical (unpaired) electrons. The van der Waals surface area contributed by atoms with Crippen LogP contribution in [0.4, 0.5) is 0 Å². The molecule has 774 valence electrons. The molecule has 0 aliphatic heterocycles. The number of carbonyl (C=O) groups is 5. The van der Waals surface area contributed by atoms with E-state index in [9.17, 15) is 24.0 Å². The molecule has 127 heavy (non-hydrogen) atoms. The van der Waals surface area contributed by atoms with Crippen LogP contribution in [0.25, 0.3) is 0 Å². The molecule has 0 spiro atoms. The van der Waals surface area contributed by atoms with E-state index in [0.29, 0.717) is 18.3 Å². The standard InChI is InChI=1S/C12H25NO2.C12H26.C11H23NO2.C11H23NO.C11H24.C10H21NO2.C10H22O.C9H19NO2.C9H21N.C8H18O.C6H14O/c1-4-5-6-7-8-9-13-12(14)10-15-11(2)3;1-4-5-6-7-8-9-10-11-12(2)3;1-4-5-6-7-8-12-11(13)9-14-10(2)3;1-4-5-6-7-8-9-12-11(13)10(2)3;1-4-5-6-7-8-9-10-11(2)3;1-4-5-6-7-11-10(12)8-13-9(2)3;1-4-5-6-7-8-9-11-10(2)3;1-4-5-6-10-9(11)7-12-8(2)3;1-9(2)7-5-3-4-6-8-10;1-4-5-6-7-9-8(2)3;1-4-5-7-6(2)3/h11H,4-10H2,1-3H3,(H,13,14);12H,4-11H2,1-3H3;10H,4-9H2,1-3H3,(H,12,13);10H,4-9H2,1-3H3,(H,12,13);11H,4-10H2,1-3H3;9H,4-8H2,1-3H3,(H,11,12);10H,4-9H2,1-3H3;8H,4-7H2,1-3H3,(H,10,11);9H,3-8,10H2,1-2H3;8H,4-7H2,1-3H3;6H,4-5H2,1-3H3. The van der Waals surface area contributed by atoms with Crippen molar-refractivity contribution in [3.05, 3.63) is 0 Å². The van der Waals surface area contributed by atoms with E-state index in [2.05, 4.69) is 179 Å². The summed E-state index contributed by atoms with van der Waals surface area (Å²) in [5, 5.41) is 14.2. The van der Waals surface area contributed by atoms with Crippen molar-refractivity contribution in [1.82, 2.24) is 26.6 Å². The van der Waals surface area contributed by atoms with E-state index in [1.54, 1.807) is 0 Å². The Hall–Kier alpha value is -2.97. The van der Waals surface area contributed by atoms with Crippen LogP contribution in [0.3, 0.4) is 0 Å². The topological polar surface area (TPSA) is 236 Å². The molecule has 0 aliphatic rings. The average Bonchev–Trinajstić information content (AvgIpc) is 1.04. The van der Waals surface area contributed by atoms with Crippen molar-refractivity contribution in [2.75, 3.05) is 85.5 Å². The van der Waals surface area contributed by atoms with E-state index < -0.39 is 0 Å². The van der Waals surface area contributed by atoms with Gasteiger partial charge in [-0.3, -0.25) is 24.0 Å². The molecular weight excluding hydrogens is 1590 g/mol. The lowest BCUT2D eigenvalue weighted by Crippen LogP contribution is -2.29. The molecule has 5 amide bonds. The van der Waals surface area contributed by atoms with Gasteiger partial charge in [0.15, 0.2) is 0 Å². The Kier molecular flexibility index (Phi) is 152. The summed E-state index contributed by atoms with van der Waals surface area (Å²) in [6.07, 6.45) is 64.2. The minimum atomic E-state index is -0.0165. The largest absolute Gasteiger partial charge is 0.379 e. The van der Waals surface area contributed by atoms with Crippen molar-refractivity contribution in [3.63, 3.8) is 0 Å². The first-order chi connectivity index (χ1) is 60.5. The van der Waals surface area contributed by atoms with Gasteiger partial charge in [0.2, 0.25) is 29.5 Å². The van der Waals surface area contributed by atoms with Gasteiger partial charge >= 0.3 is 0 Å². The molecule has 0 aliphatic carbocycles. The number of hydrogen-bond donors (Lipinski definition) is 6. The number of hydrogen-bond acceptors (Lipinski definition) is 13. The van der Waals surface area contributed by atoms with Gasteiger partial charge in [-0.2, -0.15) is 0 Å². The van der Waals surface area contributed by atoms with Crippen molar-refractivity contribution in [3.8, 4) is 0 Å². The van der Waals surface area contributed by atoms with Gasteiger partial charge in [-0.1, -0.05) is 375 Å². The van der Waals surface area contributed by atoms with Gasteiger partial charge in [0, 0.05) is 58.5 Å². The SMILES string of the molecule is CC(C)CCCCCCN.CCCCCCCCC(C)C.CCCCCCCCCC(C)C.CCCCCCCNC(=O)C(C)C.CCCCCCCNC(=O)COC(C)C.CCCCCCCOC(C)C.CCCCCCNC(=O)COC(C)C.CCCCCNC(=O)COC(C)C.CCCCCOC(C)C.CCCCNC(=O)COC(C)C.CCCOC(C)C. The first kappa shape index (κ1) is 147. The zero-order chi connectivity index (χ0) is 98.9. The zero-order valence-corrected chi connectivity index (χ0v) is 92.0. The Labute approximate surface area is 796 Å². The van der Waals surface area contributed by atoms with E-state index in [0.717, 1.165) is 122 Å². The van der Waals surface area contributed by atoms with Gasteiger partial charge < -0.3 is 65.5 Å². The van der Waals surface area contributed by atoms with Crippen molar-refractivity contribution < 1.29 is 57.1 Å². The highest BCUT2D eigenvalue weighted by Crippen LogP contribution is 2.14. The lowest BCUT2D eigenvalue weighted by atomic mass is 10.0. The van der Waals surface area contributed by atoms with Crippen LogP contribution in [0, 0.1) is 23.7 Å².